The quantitative estimate of drug-likeness (QED) is 0.215. The van der Waals surface area contributed by atoms with Crippen molar-refractivity contribution in [2.24, 2.45) is 0 Å². The number of hydrogen-bond acceptors (Lipinski definition) is 9. The minimum Gasteiger partial charge on any atom is -0.726 e. The highest BCUT2D eigenvalue weighted by molar-refractivity contribution is 8.03. The number of ether oxygens (including phenoxy) is 2. The minimum absolute atomic E-state index is 0.0914. The summed E-state index contributed by atoms with van der Waals surface area (Å²) in [7, 11) is -1.00. The smallest absolute Gasteiger partial charge is 0.262 e. The van der Waals surface area contributed by atoms with Gasteiger partial charge in [-0.05, 0) is 51.1 Å². The maximum absolute atomic E-state index is 9.45. The number of aromatic nitrogens is 1. The number of fused-ring (bicyclic) bond motifs is 2. The van der Waals surface area contributed by atoms with Gasteiger partial charge in [-0.2, -0.15) is 4.57 Å². The van der Waals surface area contributed by atoms with Gasteiger partial charge in [0, 0.05) is 29.6 Å². The highest BCUT2D eigenvalue weighted by Gasteiger charge is 2.24. The Morgan fingerprint density at radius 3 is 2.33 bits per heavy atom. The molecule has 0 radical (unpaired) electrons. The zero-order valence-electron chi connectivity index (χ0n) is 20.9. The summed E-state index contributed by atoms with van der Waals surface area (Å²) in [6.07, 6.45) is 6.55. The Balaban J connectivity index is 0.000000454. The van der Waals surface area contributed by atoms with Crippen molar-refractivity contribution in [1.29, 1.82) is 0 Å². The van der Waals surface area contributed by atoms with E-state index < -0.39 is 10.4 Å². The van der Waals surface area contributed by atoms with Crippen LogP contribution in [-0.4, -0.2) is 40.3 Å². The molecule has 1 aromatic heterocycles. The van der Waals surface area contributed by atoms with Crippen molar-refractivity contribution >= 4 is 55.5 Å². The molecule has 4 rings (SSSR count). The molecular weight excluding hydrogens is 520 g/mol. The normalized spacial score (nSPS) is 14.3. The lowest BCUT2D eigenvalue weighted by Gasteiger charge is -2.17. The van der Waals surface area contributed by atoms with E-state index in [9.17, 15) is 13.0 Å². The second-order valence-corrected chi connectivity index (χ2v) is 10.6. The van der Waals surface area contributed by atoms with E-state index in [-0.39, 0.29) is 6.61 Å². The Labute approximate surface area is 220 Å². The van der Waals surface area contributed by atoms with E-state index in [4.69, 9.17) is 9.47 Å². The highest BCUT2D eigenvalue weighted by Crippen LogP contribution is 2.47. The summed E-state index contributed by atoms with van der Waals surface area (Å²) < 4.78 is 46.3. The molecule has 11 heteroatoms. The molecule has 0 saturated heterocycles. The van der Waals surface area contributed by atoms with Crippen LogP contribution in [0.5, 0.6) is 11.5 Å². The van der Waals surface area contributed by atoms with Crippen LogP contribution in [0.25, 0.3) is 16.3 Å². The topological polar surface area (TPSA) is 92.0 Å². The predicted octanol–water partition coefficient (Wildman–Crippen LogP) is 5.20. The summed E-state index contributed by atoms with van der Waals surface area (Å²) in [5, 5.41) is 2.47. The molecule has 2 aromatic carbocycles. The van der Waals surface area contributed by atoms with Crippen LogP contribution in [0, 0.1) is 0 Å². The summed E-state index contributed by atoms with van der Waals surface area (Å²) in [6, 6.07) is 12.5. The Bertz CT molecular complexity index is 1370. The lowest BCUT2D eigenvalue weighted by Crippen LogP contribution is -2.33. The van der Waals surface area contributed by atoms with Crippen molar-refractivity contribution in [1.82, 2.24) is 0 Å². The minimum atomic E-state index is -4.42. The van der Waals surface area contributed by atoms with E-state index in [1.54, 1.807) is 37.3 Å². The zero-order valence-corrected chi connectivity index (χ0v) is 23.3. The second kappa shape index (κ2) is 12.6. The molecule has 1 aliphatic rings. The lowest BCUT2D eigenvalue weighted by molar-refractivity contribution is -0.665. The number of thiazole rings is 1. The monoisotopic (exact) mass is 550 g/mol. The Morgan fingerprint density at radius 2 is 1.75 bits per heavy atom. The Kier molecular flexibility index (Phi) is 9.80. The van der Waals surface area contributed by atoms with Gasteiger partial charge in [0.15, 0.2) is 0 Å². The molecule has 0 aliphatic carbocycles. The number of aryl methyl sites for hydroxylation is 1. The zero-order chi connectivity index (χ0) is 26.3. The molecule has 0 bridgehead atoms. The third-order valence-electron chi connectivity index (χ3n) is 5.25. The van der Waals surface area contributed by atoms with Crippen LogP contribution < -0.4 is 18.9 Å². The Hall–Kier alpha value is -2.57. The van der Waals surface area contributed by atoms with Gasteiger partial charge in [0.05, 0.1) is 31.5 Å². The van der Waals surface area contributed by atoms with E-state index in [2.05, 4.69) is 70.0 Å². The van der Waals surface area contributed by atoms with Crippen LogP contribution in [0.2, 0.25) is 0 Å². The highest BCUT2D eigenvalue weighted by atomic mass is 32.3. The van der Waals surface area contributed by atoms with Crippen LogP contribution in [0.1, 0.15) is 25.8 Å². The van der Waals surface area contributed by atoms with Gasteiger partial charge >= 0.3 is 0 Å². The van der Waals surface area contributed by atoms with Crippen molar-refractivity contribution < 1.29 is 31.2 Å². The van der Waals surface area contributed by atoms with E-state index in [0.717, 1.165) is 24.6 Å². The number of methoxy groups -OCH3 is 2. The fourth-order valence-electron chi connectivity index (χ4n) is 3.68. The number of allylic oxidation sites excluding steroid dienone is 2. The number of benzene rings is 2. The molecule has 0 atom stereocenters. The first-order valence-electron chi connectivity index (χ1n) is 11.4. The van der Waals surface area contributed by atoms with Gasteiger partial charge in [0.1, 0.15) is 22.7 Å². The molecule has 1 aliphatic heterocycles. The molecule has 0 N–H and O–H groups in total. The SMILES string of the molecule is CCN1/C(=C/C=C/c2sc3cc(OC)ccc3[n+]2CC)Sc2cc(OC)ccc21.CCOS(=O)(=O)[O-]. The van der Waals surface area contributed by atoms with Gasteiger partial charge in [-0.1, -0.05) is 29.2 Å². The number of thioether (sulfide) groups is 1. The molecule has 0 saturated carbocycles. The number of anilines is 1. The van der Waals surface area contributed by atoms with Crippen LogP contribution in [0.4, 0.5) is 5.69 Å². The van der Waals surface area contributed by atoms with Gasteiger partial charge in [-0.3, -0.25) is 4.18 Å². The van der Waals surface area contributed by atoms with E-state index in [1.165, 1.54) is 37.8 Å². The third-order valence-corrected chi connectivity index (χ3v) is 8.00. The molecule has 194 valence electrons. The first kappa shape index (κ1) is 28.0. The van der Waals surface area contributed by atoms with Crippen molar-refractivity contribution in [3.63, 3.8) is 0 Å². The van der Waals surface area contributed by atoms with E-state index in [1.807, 2.05) is 12.1 Å². The number of nitrogens with zero attached hydrogens (tertiary/aromatic N) is 2. The van der Waals surface area contributed by atoms with E-state index in [0.29, 0.717) is 0 Å². The maximum Gasteiger partial charge on any atom is 0.262 e. The van der Waals surface area contributed by atoms with Crippen LogP contribution in [0.3, 0.4) is 0 Å². The third kappa shape index (κ3) is 6.80. The van der Waals surface area contributed by atoms with Gasteiger partial charge in [-0.15, -0.1) is 0 Å². The summed E-state index contributed by atoms with van der Waals surface area (Å²) in [5.74, 6) is 1.79. The molecular formula is C25H30N2O6S3. The van der Waals surface area contributed by atoms with Crippen molar-refractivity contribution in [2.45, 2.75) is 32.2 Å². The van der Waals surface area contributed by atoms with Crippen LogP contribution in [0.15, 0.2) is 58.5 Å². The summed E-state index contributed by atoms with van der Waals surface area (Å²) in [5.41, 5.74) is 2.49. The average Bonchev–Trinajstić information content (AvgIpc) is 3.39. The maximum atomic E-state index is 9.45. The standard InChI is InChI=1S/C23H25N2O2S2.C2H6O4S/c1-5-24-18-12-10-16(26-3)14-20(18)28-22(24)8-7-9-23-25(6-2)19-13-11-17(27-4)15-21(19)29-23;1-2-6-7(3,4)5/h7-15H,5-6H2,1-4H3;2H2,1H3,(H,3,4,5)/q+1;/p-1. The molecule has 36 heavy (non-hydrogen) atoms. The van der Waals surface area contributed by atoms with Gasteiger partial charge in [0.25, 0.3) is 5.01 Å². The molecule has 0 amide bonds. The summed E-state index contributed by atoms with van der Waals surface area (Å²) in [6.45, 7) is 7.57. The largest absolute Gasteiger partial charge is 0.726 e. The summed E-state index contributed by atoms with van der Waals surface area (Å²) >= 11 is 3.58. The van der Waals surface area contributed by atoms with Crippen molar-refractivity contribution in [2.75, 3.05) is 32.3 Å². The predicted molar refractivity (Wildman–Crippen MR) is 145 cm³/mol. The fourth-order valence-corrected chi connectivity index (χ4v) is 6.31. The van der Waals surface area contributed by atoms with Gasteiger partial charge in [-0.25, -0.2) is 8.42 Å². The van der Waals surface area contributed by atoms with E-state index >= 15 is 0 Å². The van der Waals surface area contributed by atoms with Crippen molar-refractivity contribution in [3.05, 3.63) is 58.6 Å². The molecule has 8 nitrogen and oxygen atoms in total. The Morgan fingerprint density at radius 1 is 1.06 bits per heavy atom. The molecule has 3 aromatic rings. The molecule has 2 heterocycles. The lowest BCUT2D eigenvalue weighted by atomic mass is 10.2. The molecule has 0 unspecified atom stereocenters. The summed E-state index contributed by atoms with van der Waals surface area (Å²) in [4.78, 5) is 3.58. The van der Waals surface area contributed by atoms with Crippen LogP contribution in [-0.2, 0) is 21.1 Å². The first-order chi connectivity index (χ1) is 17.2. The molecule has 0 fully saturated rings. The first-order valence-corrected chi connectivity index (χ1v) is 14.3. The van der Waals surface area contributed by atoms with Crippen molar-refractivity contribution in [3.8, 4) is 11.5 Å². The average molecular weight is 551 g/mol. The molecule has 0 spiro atoms. The fraction of sp³-hybridized carbons (Fsp3) is 0.320. The van der Waals surface area contributed by atoms with Crippen LogP contribution >= 0.6 is 23.1 Å². The van der Waals surface area contributed by atoms with Gasteiger partial charge < -0.3 is 18.9 Å². The number of hydrogen-bond donors (Lipinski definition) is 0. The van der Waals surface area contributed by atoms with Gasteiger partial charge in [0.2, 0.25) is 15.9 Å². The second-order valence-electron chi connectivity index (χ2n) is 7.38. The number of rotatable bonds is 8.